The van der Waals surface area contributed by atoms with E-state index in [1.165, 1.54) is 17.7 Å². The molecule has 0 bridgehead atoms. The summed E-state index contributed by atoms with van der Waals surface area (Å²) in [5.41, 5.74) is 9.85. The normalized spacial score (nSPS) is 14.0. The molecule has 0 saturated heterocycles. The fraction of sp³-hybridized carbons (Fsp3) is 0.250. The van der Waals surface area contributed by atoms with Gasteiger partial charge >= 0.3 is 0 Å². The Bertz CT molecular complexity index is 679. The smallest absolute Gasteiger partial charge is 0.170 e. The van der Waals surface area contributed by atoms with Crippen LogP contribution in [-0.2, 0) is 12.8 Å². The highest BCUT2D eigenvalue weighted by atomic mass is 16.4. The summed E-state index contributed by atoms with van der Waals surface area (Å²) in [6.45, 7) is 0. The average Bonchev–Trinajstić information content (AvgIpc) is 3.01. The number of fused-ring (bicyclic) bond motifs is 1. The van der Waals surface area contributed by atoms with Gasteiger partial charge < -0.3 is 15.8 Å². The fourth-order valence-electron chi connectivity index (χ4n) is 2.64. The lowest BCUT2D eigenvalue weighted by molar-refractivity contribution is 0.318. The molecule has 0 saturated carbocycles. The quantitative estimate of drug-likeness (QED) is 0.392. The number of anilines is 2. The summed E-state index contributed by atoms with van der Waals surface area (Å²) < 4.78 is 0. The molecule has 1 aromatic carbocycles. The van der Waals surface area contributed by atoms with Gasteiger partial charge in [-0.2, -0.15) is 0 Å². The van der Waals surface area contributed by atoms with Gasteiger partial charge in [-0.25, -0.2) is 4.98 Å². The lowest BCUT2D eigenvalue weighted by Crippen LogP contribution is -2.14. The van der Waals surface area contributed by atoms with E-state index in [2.05, 4.69) is 17.3 Å². The van der Waals surface area contributed by atoms with Gasteiger partial charge in [-0.1, -0.05) is 11.2 Å². The van der Waals surface area contributed by atoms with E-state index in [0.717, 1.165) is 24.3 Å². The van der Waals surface area contributed by atoms with Gasteiger partial charge in [0.1, 0.15) is 5.82 Å². The van der Waals surface area contributed by atoms with Crippen molar-refractivity contribution in [1.29, 1.82) is 0 Å². The molecule has 1 aromatic heterocycles. The van der Waals surface area contributed by atoms with Gasteiger partial charge in [0.2, 0.25) is 0 Å². The number of amidine groups is 1. The van der Waals surface area contributed by atoms with Crippen LogP contribution in [0.25, 0.3) is 0 Å². The zero-order valence-corrected chi connectivity index (χ0v) is 12.0. The molecule has 0 radical (unpaired) electrons. The molecule has 0 amide bonds. The van der Waals surface area contributed by atoms with E-state index in [1.54, 1.807) is 0 Å². The van der Waals surface area contributed by atoms with Crippen LogP contribution in [0.1, 0.15) is 23.2 Å². The first kappa shape index (κ1) is 13.4. The molecule has 3 N–H and O–H groups in total. The zero-order valence-electron chi connectivity index (χ0n) is 12.0. The lowest BCUT2D eigenvalue weighted by Gasteiger charge is -2.19. The van der Waals surface area contributed by atoms with Gasteiger partial charge in [0, 0.05) is 24.0 Å². The first-order valence-electron chi connectivity index (χ1n) is 6.99. The molecule has 21 heavy (non-hydrogen) atoms. The van der Waals surface area contributed by atoms with Crippen molar-refractivity contribution in [2.24, 2.45) is 10.9 Å². The number of aryl methyl sites for hydroxylation is 2. The predicted molar refractivity (Wildman–Crippen MR) is 83.3 cm³/mol. The fourth-order valence-corrected chi connectivity index (χ4v) is 2.64. The van der Waals surface area contributed by atoms with E-state index in [0.29, 0.717) is 5.56 Å². The molecular weight excluding hydrogens is 264 g/mol. The Morgan fingerprint density at radius 3 is 2.67 bits per heavy atom. The summed E-state index contributed by atoms with van der Waals surface area (Å²) in [6.07, 6.45) is 3.41. The molecule has 108 valence electrons. The molecule has 1 heterocycles. The average molecular weight is 282 g/mol. The summed E-state index contributed by atoms with van der Waals surface area (Å²) in [6, 6.07) is 11.8. The van der Waals surface area contributed by atoms with Crippen LogP contribution in [0, 0.1) is 0 Å². The van der Waals surface area contributed by atoms with Crippen molar-refractivity contribution in [3.63, 3.8) is 0 Å². The Morgan fingerprint density at radius 2 is 1.95 bits per heavy atom. The predicted octanol–water partition coefficient (Wildman–Crippen LogP) is 2.43. The molecule has 0 fully saturated rings. The van der Waals surface area contributed by atoms with Crippen molar-refractivity contribution < 1.29 is 5.21 Å². The Hall–Kier alpha value is -2.56. The van der Waals surface area contributed by atoms with Crippen LogP contribution in [0.15, 0.2) is 41.6 Å². The van der Waals surface area contributed by atoms with Crippen LogP contribution in [0.5, 0.6) is 0 Å². The highest BCUT2D eigenvalue weighted by Crippen LogP contribution is 2.26. The Balaban J connectivity index is 1.86. The summed E-state index contributed by atoms with van der Waals surface area (Å²) >= 11 is 0. The van der Waals surface area contributed by atoms with E-state index in [4.69, 9.17) is 15.9 Å². The summed E-state index contributed by atoms with van der Waals surface area (Å²) in [5.74, 6) is 1.05. The van der Waals surface area contributed by atoms with Crippen molar-refractivity contribution in [2.75, 3.05) is 11.9 Å². The summed E-state index contributed by atoms with van der Waals surface area (Å²) in [7, 11) is 1.99. The molecule has 5 nitrogen and oxygen atoms in total. The summed E-state index contributed by atoms with van der Waals surface area (Å²) in [4.78, 5) is 6.78. The second-order valence-electron chi connectivity index (χ2n) is 5.22. The van der Waals surface area contributed by atoms with Gasteiger partial charge in [-0.05, 0) is 55.2 Å². The molecule has 0 atom stereocenters. The molecule has 1 aliphatic carbocycles. The van der Waals surface area contributed by atoms with Crippen molar-refractivity contribution in [3.05, 3.63) is 53.2 Å². The second-order valence-corrected chi connectivity index (χ2v) is 5.22. The van der Waals surface area contributed by atoms with Gasteiger partial charge in [-0.3, -0.25) is 0 Å². The highest BCUT2D eigenvalue weighted by molar-refractivity contribution is 5.97. The maximum absolute atomic E-state index is 8.68. The van der Waals surface area contributed by atoms with Gasteiger partial charge in [-0.15, -0.1) is 0 Å². The van der Waals surface area contributed by atoms with Gasteiger partial charge in [0.15, 0.2) is 5.84 Å². The van der Waals surface area contributed by atoms with Crippen LogP contribution in [0.4, 0.5) is 11.5 Å². The minimum atomic E-state index is 0.111. The van der Waals surface area contributed by atoms with Crippen LogP contribution in [0.2, 0.25) is 0 Å². The molecule has 5 heteroatoms. The largest absolute Gasteiger partial charge is 0.409 e. The maximum Gasteiger partial charge on any atom is 0.170 e. The molecule has 1 aliphatic rings. The monoisotopic (exact) mass is 282 g/mol. The molecule has 2 aromatic rings. The van der Waals surface area contributed by atoms with Crippen LogP contribution in [0.3, 0.4) is 0 Å². The third-order valence-electron chi connectivity index (χ3n) is 3.92. The minimum absolute atomic E-state index is 0.111. The first-order chi connectivity index (χ1) is 10.2. The number of pyridine rings is 1. The van der Waals surface area contributed by atoms with Crippen molar-refractivity contribution in [2.45, 2.75) is 19.3 Å². The molecule has 0 unspecified atom stereocenters. The van der Waals surface area contributed by atoms with Crippen LogP contribution in [-0.4, -0.2) is 23.1 Å². The number of nitrogens with zero attached hydrogens (tertiary/aromatic N) is 3. The Kier molecular flexibility index (Phi) is 3.48. The van der Waals surface area contributed by atoms with E-state index >= 15 is 0 Å². The number of benzene rings is 1. The minimum Gasteiger partial charge on any atom is -0.409 e. The number of rotatable bonds is 3. The number of aromatic nitrogens is 1. The van der Waals surface area contributed by atoms with Crippen LogP contribution < -0.4 is 10.6 Å². The molecular formula is C16H18N4O. The first-order valence-corrected chi connectivity index (χ1v) is 6.99. The zero-order chi connectivity index (χ0) is 14.8. The highest BCUT2D eigenvalue weighted by Gasteiger charge is 2.14. The number of hydrogen-bond donors (Lipinski definition) is 2. The number of hydrogen-bond acceptors (Lipinski definition) is 4. The standard InChI is InChI=1S/C16H18N4O/c1-20(13-8-5-12(6-9-13)16(17)19-21)15-10-7-11-3-2-4-14(11)18-15/h5-10,21H,2-4H2,1H3,(H2,17,19). The SMILES string of the molecule is CN(c1ccc(/C(N)=N/O)cc1)c1ccc2c(n1)CCC2. The molecule has 3 rings (SSSR count). The molecule has 0 spiro atoms. The topological polar surface area (TPSA) is 74.7 Å². The van der Waals surface area contributed by atoms with E-state index < -0.39 is 0 Å². The van der Waals surface area contributed by atoms with E-state index in [1.807, 2.05) is 36.2 Å². The van der Waals surface area contributed by atoms with Crippen molar-refractivity contribution in [3.8, 4) is 0 Å². The third-order valence-corrected chi connectivity index (χ3v) is 3.92. The van der Waals surface area contributed by atoms with Crippen LogP contribution >= 0.6 is 0 Å². The molecule has 0 aliphatic heterocycles. The van der Waals surface area contributed by atoms with Crippen molar-refractivity contribution in [1.82, 2.24) is 4.98 Å². The van der Waals surface area contributed by atoms with E-state index in [-0.39, 0.29) is 5.84 Å². The third kappa shape index (κ3) is 2.54. The summed E-state index contributed by atoms with van der Waals surface area (Å²) in [5, 5.41) is 11.7. The lowest BCUT2D eigenvalue weighted by atomic mass is 10.2. The van der Waals surface area contributed by atoms with E-state index in [9.17, 15) is 0 Å². The Morgan fingerprint density at radius 1 is 1.19 bits per heavy atom. The van der Waals surface area contributed by atoms with Gasteiger partial charge in [0.05, 0.1) is 0 Å². The Labute approximate surface area is 123 Å². The van der Waals surface area contributed by atoms with Crippen molar-refractivity contribution >= 4 is 17.3 Å². The maximum atomic E-state index is 8.68. The number of oxime groups is 1. The van der Waals surface area contributed by atoms with Gasteiger partial charge in [0.25, 0.3) is 0 Å². The second kappa shape index (κ2) is 5.44. The number of nitrogens with two attached hydrogens (primary N) is 1.